The second-order valence-electron chi connectivity index (χ2n) is 5.33. The number of benzene rings is 1. The van der Waals surface area contributed by atoms with Gasteiger partial charge in [-0.1, -0.05) is 29.8 Å². The van der Waals surface area contributed by atoms with Crippen LogP contribution in [-0.2, 0) is 9.59 Å². The highest BCUT2D eigenvalue weighted by Gasteiger charge is 2.14. The van der Waals surface area contributed by atoms with Crippen molar-refractivity contribution in [2.45, 2.75) is 26.7 Å². The lowest BCUT2D eigenvalue weighted by molar-refractivity contribution is -0.132. The molecule has 0 fully saturated rings. The minimum absolute atomic E-state index is 0.0760. The van der Waals surface area contributed by atoms with E-state index < -0.39 is 0 Å². The van der Waals surface area contributed by atoms with Gasteiger partial charge in [-0.2, -0.15) is 0 Å². The Kier molecular flexibility index (Phi) is 9.15. The molecule has 1 aromatic carbocycles. The predicted molar refractivity (Wildman–Crippen MR) is 99.9 cm³/mol. The number of rotatable bonds is 9. The van der Waals surface area contributed by atoms with Crippen molar-refractivity contribution in [2.24, 2.45) is 0 Å². The van der Waals surface area contributed by atoms with E-state index in [9.17, 15) is 9.59 Å². The quantitative estimate of drug-likeness (QED) is 0.651. The summed E-state index contributed by atoms with van der Waals surface area (Å²) in [5.41, 5.74) is 0.798. The van der Waals surface area contributed by atoms with E-state index in [0.29, 0.717) is 18.8 Å². The smallest absolute Gasteiger partial charge is 0.247 e. The van der Waals surface area contributed by atoms with Gasteiger partial charge >= 0.3 is 0 Å². The van der Waals surface area contributed by atoms with Gasteiger partial charge in [0.05, 0.1) is 13.7 Å². The normalized spacial score (nSPS) is 10.7. The van der Waals surface area contributed by atoms with Crippen molar-refractivity contribution < 1.29 is 14.3 Å². The lowest BCUT2D eigenvalue weighted by Crippen LogP contribution is -2.40. The molecule has 0 aliphatic heterocycles. The minimum Gasteiger partial charge on any atom is -0.496 e. The third-order valence-electron chi connectivity index (χ3n) is 3.31. The van der Waals surface area contributed by atoms with Crippen LogP contribution < -0.4 is 10.1 Å². The van der Waals surface area contributed by atoms with Crippen LogP contribution in [0.25, 0.3) is 6.08 Å². The third kappa shape index (κ3) is 6.74. The molecule has 0 atom stereocenters. The molecule has 0 spiro atoms. The molecule has 0 saturated carbocycles. The maximum Gasteiger partial charge on any atom is 0.247 e. The first kappa shape index (κ1) is 20.2. The number of amides is 2. The van der Waals surface area contributed by atoms with Crippen LogP contribution in [0.5, 0.6) is 5.75 Å². The second-order valence-corrected chi connectivity index (χ2v) is 6.25. The van der Waals surface area contributed by atoms with Crippen molar-refractivity contribution >= 4 is 33.8 Å². The molecule has 0 unspecified atom stereocenters. The molecular weight excluding hydrogens is 372 g/mol. The van der Waals surface area contributed by atoms with E-state index in [-0.39, 0.29) is 18.4 Å². The van der Waals surface area contributed by atoms with E-state index in [1.807, 2.05) is 32.0 Å². The van der Waals surface area contributed by atoms with Gasteiger partial charge < -0.3 is 15.0 Å². The van der Waals surface area contributed by atoms with Crippen molar-refractivity contribution in [3.63, 3.8) is 0 Å². The molecule has 0 aliphatic carbocycles. The Morgan fingerprint density at radius 3 is 2.67 bits per heavy atom. The molecule has 2 amide bonds. The van der Waals surface area contributed by atoms with Crippen LogP contribution in [-0.4, -0.2) is 43.5 Å². The summed E-state index contributed by atoms with van der Waals surface area (Å²) in [6.07, 6.45) is 4.85. The lowest BCUT2D eigenvalue weighted by Gasteiger charge is -2.20. The Balaban J connectivity index is 2.80. The molecule has 5 nitrogen and oxygen atoms in total. The van der Waals surface area contributed by atoms with Crippen molar-refractivity contribution in [3.05, 3.63) is 34.3 Å². The Bertz CT molecular complexity index is 588. The van der Waals surface area contributed by atoms with E-state index >= 15 is 0 Å². The number of carbonyl (C=O) groups excluding carboxylic acids is 2. The highest BCUT2D eigenvalue weighted by Crippen LogP contribution is 2.24. The number of halogens is 1. The number of methoxy groups -OCH3 is 1. The zero-order valence-electron chi connectivity index (χ0n) is 14.5. The molecule has 24 heavy (non-hydrogen) atoms. The topological polar surface area (TPSA) is 58.6 Å². The van der Waals surface area contributed by atoms with Gasteiger partial charge in [0.1, 0.15) is 5.75 Å². The Hall–Kier alpha value is -1.82. The van der Waals surface area contributed by atoms with Crippen molar-refractivity contribution in [2.75, 3.05) is 26.7 Å². The molecule has 0 aliphatic rings. The van der Waals surface area contributed by atoms with Gasteiger partial charge in [-0.05, 0) is 37.1 Å². The average Bonchev–Trinajstić information content (AvgIpc) is 2.57. The average molecular weight is 397 g/mol. The summed E-state index contributed by atoms with van der Waals surface area (Å²) >= 11 is 3.41. The molecule has 0 radical (unpaired) electrons. The van der Waals surface area contributed by atoms with Gasteiger partial charge in [0.25, 0.3) is 0 Å². The van der Waals surface area contributed by atoms with Crippen LogP contribution in [0.15, 0.2) is 28.7 Å². The van der Waals surface area contributed by atoms with E-state index in [1.54, 1.807) is 18.1 Å². The van der Waals surface area contributed by atoms with Crippen LogP contribution >= 0.6 is 15.9 Å². The highest BCUT2D eigenvalue weighted by atomic mass is 79.9. The minimum atomic E-state index is -0.189. The number of nitrogens with zero attached hydrogens (tertiary/aromatic N) is 1. The Morgan fingerprint density at radius 1 is 1.29 bits per heavy atom. The molecule has 6 heteroatoms. The first-order valence-electron chi connectivity index (χ1n) is 8.09. The summed E-state index contributed by atoms with van der Waals surface area (Å²) in [5.74, 6) is 0.364. The zero-order chi connectivity index (χ0) is 17.9. The molecule has 0 heterocycles. The fourth-order valence-corrected chi connectivity index (χ4v) is 2.51. The first-order chi connectivity index (χ1) is 11.5. The highest BCUT2D eigenvalue weighted by molar-refractivity contribution is 9.10. The maximum absolute atomic E-state index is 12.4. The van der Waals surface area contributed by atoms with Crippen molar-refractivity contribution in [1.29, 1.82) is 0 Å². The van der Waals surface area contributed by atoms with Crippen molar-refractivity contribution in [1.82, 2.24) is 10.2 Å². The standard InChI is InChI=1S/C18H25BrN2O3/c1-4-10-20-17(22)13-21(11-5-2)18(23)9-6-14-12-15(19)7-8-16(14)24-3/h6-9,12H,4-5,10-11,13H2,1-3H3,(H,20,22)/b9-6+. The summed E-state index contributed by atoms with van der Waals surface area (Å²) < 4.78 is 6.19. The second kappa shape index (κ2) is 10.9. The van der Waals surface area contributed by atoms with Crippen LogP contribution in [0.1, 0.15) is 32.3 Å². The maximum atomic E-state index is 12.4. The SMILES string of the molecule is CCCNC(=O)CN(CCC)C(=O)/C=C/c1cc(Br)ccc1OC. The monoisotopic (exact) mass is 396 g/mol. The summed E-state index contributed by atoms with van der Waals surface area (Å²) in [7, 11) is 1.59. The Labute approximate surface area is 152 Å². The fourth-order valence-electron chi connectivity index (χ4n) is 2.13. The van der Waals surface area contributed by atoms with Crippen molar-refractivity contribution in [3.8, 4) is 5.75 Å². The van der Waals surface area contributed by atoms with Crippen LogP contribution in [0.3, 0.4) is 0 Å². The van der Waals surface area contributed by atoms with E-state index in [1.165, 1.54) is 6.08 Å². The number of ether oxygens (including phenoxy) is 1. The predicted octanol–water partition coefficient (Wildman–Crippen LogP) is 3.24. The number of carbonyl (C=O) groups is 2. The molecule has 1 aromatic rings. The fraction of sp³-hybridized carbons (Fsp3) is 0.444. The van der Waals surface area contributed by atoms with Gasteiger partial charge in [0.2, 0.25) is 11.8 Å². The van der Waals surface area contributed by atoms with Crippen LogP contribution in [0.2, 0.25) is 0 Å². The number of hydrogen-bond acceptors (Lipinski definition) is 3. The van der Waals surface area contributed by atoms with E-state index in [2.05, 4.69) is 21.2 Å². The van der Waals surface area contributed by atoms with Crippen LogP contribution in [0.4, 0.5) is 0 Å². The summed E-state index contributed by atoms with van der Waals surface area (Å²) in [6, 6.07) is 5.58. The van der Waals surface area contributed by atoms with E-state index in [4.69, 9.17) is 4.74 Å². The summed E-state index contributed by atoms with van der Waals surface area (Å²) in [6.45, 7) is 5.21. The van der Waals surface area contributed by atoms with Gasteiger partial charge in [-0.25, -0.2) is 0 Å². The van der Waals surface area contributed by atoms with Gasteiger partial charge in [0, 0.05) is 29.2 Å². The van der Waals surface area contributed by atoms with E-state index in [0.717, 1.165) is 22.9 Å². The molecular formula is C18H25BrN2O3. The zero-order valence-corrected chi connectivity index (χ0v) is 16.1. The van der Waals surface area contributed by atoms with Crippen LogP contribution in [0, 0.1) is 0 Å². The molecule has 0 aromatic heterocycles. The molecule has 1 N–H and O–H groups in total. The molecule has 0 saturated heterocycles. The van der Waals surface area contributed by atoms with Gasteiger partial charge in [0.15, 0.2) is 0 Å². The molecule has 132 valence electrons. The van der Waals surface area contributed by atoms with Gasteiger partial charge in [-0.15, -0.1) is 0 Å². The number of hydrogen-bond donors (Lipinski definition) is 1. The lowest BCUT2D eigenvalue weighted by atomic mass is 10.2. The summed E-state index contributed by atoms with van der Waals surface area (Å²) in [4.78, 5) is 25.8. The first-order valence-corrected chi connectivity index (χ1v) is 8.88. The molecule has 1 rings (SSSR count). The third-order valence-corrected chi connectivity index (χ3v) is 3.80. The number of nitrogens with one attached hydrogen (secondary N) is 1. The largest absolute Gasteiger partial charge is 0.496 e. The van der Waals surface area contributed by atoms with Gasteiger partial charge in [-0.3, -0.25) is 9.59 Å². The summed E-state index contributed by atoms with van der Waals surface area (Å²) in [5, 5.41) is 2.79. The Morgan fingerprint density at radius 2 is 2.04 bits per heavy atom. The molecule has 0 bridgehead atoms.